The highest BCUT2D eigenvalue weighted by atomic mass is 32.1. The Kier molecular flexibility index (Phi) is 4.31. The Bertz CT molecular complexity index is 1080. The molecule has 0 aliphatic heterocycles. The number of carboxylic acids is 1. The van der Waals surface area contributed by atoms with Crippen LogP contribution < -0.4 is 0 Å². The summed E-state index contributed by atoms with van der Waals surface area (Å²) < 4.78 is 3.84. The number of aryl methyl sites for hydroxylation is 2. The van der Waals surface area contributed by atoms with Crippen LogP contribution in [-0.2, 0) is 7.05 Å². The van der Waals surface area contributed by atoms with E-state index in [-0.39, 0.29) is 5.69 Å². The molecule has 0 saturated heterocycles. The van der Waals surface area contributed by atoms with E-state index in [4.69, 9.17) is 5.10 Å². The van der Waals surface area contributed by atoms with E-state index in [2.05, 4.69) is 53.9 Å². The third-order valence-electron chi connectivity index (χ3n) is 4.81. The van der Waals surface area contributed by atoms with Gasteiger partial charge < -0.3 is 9.67 Å². The molecule has 0 bridgehead atoms. The van der Waals surface area contributed by atoms with Gasteiger partial charge in [0.15, 0.2) is 5.69 Å². The number of carboxylic acid groups (broad SMARTS) is 1. The molecule has 0 fully saturated rings. The maximum atomic E-state index is 11.3. The number of nitrogens with zero attached hydrogens (tertiary/aromatic N) is 4. The van der Waals surface area contributed by atoms with Crippen LogP contribution >= 0.6 is 11.3 Å². The fourth-order valence-corrected chi connectivity index (χ4v) is 4.05. The van der Waals surface area contributed by atoms with Gasteiger partial charge in [-0.1, -0.05) is 18.2 Å². The topological polar surface area (TPSA) is 72.9 Å². The van der Waals surface area contributed by atoms with E-state index in [0.29, 0.717) is 5.13 Å². The smallest absolute Gasteiger partial charge is 0.355 e. The van der Waals surface area contributed by atoms with Crippen molar-refractivity contribution in [3.05, 3.63) is 58.5 Å². The first-order valence-corrected chi connectivity index (χ1v) is 9.63. The molecular formula is C20H20N4O2S. The van der Waals surface area contributed by atoms with Gasteiger partial charge in [-0.3, -0.25) is 0 Å². The standard InChI is InChI=1S/C20H20N4O2S/c1-12-9-15(10-23(12)3)18-13(2)17(14-7-5-4-6-8-14)22-24(18)20-21-16(11-27-20)19(25)26/h5,7-11H,4,6H2,1-3H3,(H,25,26). The molecule has 0 amide bonds. The second-order valence-electron chi connectivity index (χ2n) is 6.67. The molecule has 27 heavy (non-hydrogen) atoms. The summed E-state index contributed by atoms with van der Waals surface area (Å²) in [5.41, 5.74) is 6.23. The minimum atomic E-state index is -1.03. The molecule has 4 rings (SSSR count). The molecule has 1 aliphatic rings. The Balaban J connectivity index is 1.93. The minimum absolute atomic E-state index is 0.0386. The highest BCUT2D eigenvalue weighted by molar-refractivity contribution is 7.12. The summed E-state index contributed by atoms with van der Waals surface area (Å²) in [5.74, 6) is -1.03. The van der Waals surface area contributed by atoms with Crippen LogP contribution in [0.25, 0.3) is 22.0 Å². The third kappa shape index (κ3) is 3.04. The zero-order valence-electron chi connectivity index (χ0n) is 15.4. The molecular weight excluding hydrogens is 360 g/mol. The summed E-state index contributed by atoms with van der Waals surface area (Å²) in [4.78, 5) is 15.5. The van der Waals surface area contributed by atoms with Crippen LogP contribution in [0, 0.1) is 13.8 Å². The molecule has 1 aliphatic carbocycles. The van der Waals surface area contributed by atoms with Gasteiger partial charge in [-0.25, -0.2) is 14.5 Å². The summed E-state index contributed by atoms with van der Waals surface area (Å²) in [5, 5.41) is 16.2. The lowest BCUT2D eigenvalue weighted by molar-refractivity contribution is 0.0691. The molecule has 0 saturated carbocycles. The van der Waals surface area contributed by atoms with Gasteiger partial charge in [0.05, 0.1) is 11.4 Å². The van der Waals surface area contributed by atoms with Crippen LogP contribution in [-0.4, -0.2) is 30.4 Å². The molecule has 3 aromatic heterocycles. The fraction of sp³-hybridized carbons (Fsp3) is 0.250. The molecule has 0 atom stereocenters. The molecule has 0 radical (unpaired) electrons. The van der Waals surface area contributed by atoms with Crippen molar-refractivity contribution >= 4 is 22.9 Å². The molecule has 6 nitrogen and oxygen atoms in total. The second-order valence-corrected chi connectivity index (χ2v) is 7.51. The number of hydrogen-bond acceptors (Lipinski definition) is 4. The summed E-state index contributed by atoms with van der Waals surface area (Å²) in [6.07, 6.45) is 10.6. The van der Waals surface area contributed by atoms with Crippen LogP contribution in [0.4, 0.5) is 0 Å². The van der Waals surface area contributed by atoms with Gasteiger partial charge in [0.1, 0.15) is 0 Å². The summed E-state index contributed by atoms with van der Waals surface area (Å²) in [6, 6.07) is 2.11. The number of allylic oxidation sites excluding steroid dienone is 4. The molecule has 0 spiro atoms. The van der Waals surface area contributed by atoms with E-state index in [0.717, 1.165) is 46.6 Å². The highest BCUT2D eigenvalue weighted by Gasteiger charge is 2.22. The molecule has 0 unspecified atom stereocenters. The second kappa shape index (κ2) is 6.66. The van der Waals surface area contributed by atoms with E-state index >= 15 is 0 Å². The van der Waals surface area contributed by atoms with Crippen molar-refractivity contribution in [1.29, 1.82) is 0 Å². The number of aromatic carboxylic acids is 1. The maximum absolute atomic E-state index is 11.3. The van der Waals surface area contributed by atoms with E-state index in [9.17, 15) is 9.90 Å². The number of thiazole rings is 1. The average molecular weight is 380 g/mol. The van der Waals surface area contributed by atoms with Crippen molar-refractivity contribution in [3.63, 3.8) is 0 Å². The number of rotatable bonds is 4. The van der Waals surface area contributed by atoms with Gasteiger partial charge in [0.25, 0.3) is 0 Å². The van der Waals surface area contributed by atoms with Gasteiger partial charge in [-0.2, -0.15) is 5.10 Å². The van der Waals surface area contributed by atoms with E-state index in [1.807, 2.05) is 7.05 Å². The molecule has 3 aromatic rings. The lowest BCUT2D eigenvalue weighted by Gasteiger charge is -2.04. The van der Waals surface area contributed by atoms with Crippen LogP contribution in [0.3, 0.4) is 0 Å². The molecule has 3 heterocycles. The van der Waals surface area contributed by atoms with E-state index < -0.39 is 5.97 Å². The van der Waals surface area contributed by atoms with Crippen LogP contribution in [0.2, 0.25) is 0 Å². The average Bonchev–Trinajstić information content (AvgIpc) is 3.34. The highest BCUT2D eigenvalue weighted by Crippen LogP contribution is 2.34. The van der Waals surface area contributed by atoms with Gasteiger partial charge in [0, 0.05) is 35.4 Å². The minimum Gasteiger partial charge on any atom is -0.476 e. The van der Waals surface area contributed by atoms with Gasteiger partial charge in [-0.15, -0.1) is 11.3 Å². The van der Waals surface area contributed by atoms with Crippen molar-refractivity contribution < 1.29 is 9.90 Å². The summed E-state index contributed by atoms with van der Waals surface area (Å²) in [7, 11) is 2.01. The number of carbonyl (C=O) groups is 1. The first-order chi connectivity index (χ1) is 13.0. The predicted octanol–water partition coefficient (Wildman–Crippen LogP) is 4.38. The fourth-order valence-electron chi connectivity index (χ4n) is 3.30. The van der Waals surface area contributed by atoms with Gasteiger partial charge in [-0.05, 0) is 38.3 Å². The molecule has 138 valence electrons. The van der Waals surface area contributed by atoms with E-state index in [1.165, 1.54) is 11.3 Å². The lowest BCUT2D eigenvalue weighted by Crippen LogP contribution is -2.02. The third-order valence-corrected chi connectivity index (χ3v) is 5.63. The lowest BCUT2D eigenvalue weighted by atomic mass is 10.00. The van der Waals surface area contributed by atoms with Crippen LogP contribution in [0.1, 0.15) is 40.3 Å². The Hall–Kier alpha value is -2.93. The van der Waals surface area contributed by atoms with Crippen LogP contribution in [0.5, 0.6) is 0 Å². The van der Waals surface area contributed by atoms with Gasteiger partial charge >= 0.3 is 5.97 Å². The van der Waals surface area contributed by atoms with Crippen molar-refractivity contribution in [1.82, 2.24) is 19.3 Å². The predicted molar refractivity (Wildman–Crippen MR) is 106 cm³/mol. The van der Waals surface area contributed by atoms with Crippen molar-refractivity contribution in [2.75, 3.05) is 0 Å². The van der Waals surface area contributed by atoms with Crippen LogP contribution in [0.15, 0.2) is 35.9 Å². The zero-order chi connectivity index (χ0) is 19.1. The molecule has 1 N–H and O–H groups in total. The summed E-state index contributed by atoms with van der Waals surface area (Å²) >= 11 is 1.28. The number of hydrogen-bond donors (Lipinski definition) is 1. The monoisotopic (exact) mass is 380 g/mol. The SMILES string of the molecule is Cc1c(C2=CCCC=C2)nn(-c2nc(C(=O)O)cs2)c1-c1cc(C)n(C)c1. The Morgan fingerprint density at radius 1 is 1.30 bits per heavy atom. The van der Waals surface area contributed by atoms with Crippen molar-refractivity contribution in [2.24, 2.45) is 7.05 Å². The quantitative estimate of drug-likeness (QED) is 0.729. The Labute approximate surface area is 161 Å². The first kappa shape index (κ1) is 17.5. The van der Waals surface area contributed by atoms with Crippen molar-refractivity contribution in [2.45, 2.75) is 26.7 Å². The maximum Gasteiger partial charge on any atom is 0.355 e. The van der Waals surface area contributed by atoms with E-state index in [1.54, 1.807) is 10.1 Å². The largest absolute Gasteiger partial charge is 0.476 e. The normalized spacial score (nSPS) is 13.8. The molecule has 0 aromatic carbocycles. The Morgan fingerprint density at radius 3 is 2.70 bits per heavy atom. The Morgan fingerprint density at radius 2 is 2.11 bits per heavy atom. The number of aromatic nitrogens is 4. The summed E-state index contributed by atoms with van der Waals surface area (Å²) in [6.45, 7) is 4.12. The first-order valence-electron chi connectivity index (χ1n) is 8.75. The van der Waals surface area contributed by atoms with Gasteiger partial charge in [0.2, 0.25) is 5.13 Å². The zero-order valence-corrected chi connectivity index (χ0v) is 16.2. The molecule has 7 heteroatoms. The van der Waals surface area contributed by atoms with Crippen molar-refractivity contribution in [3.8, 4) is 16.4 Å².